The predicted molar refractivity (Wildman–Crippen MR) is 67.0 cm³/mol. The summed E-state index contributed by atoms with van der Waals surface area (Å²) >= 11 is 0. The first-order chi connectivity index (χ1) is 10.1. The van der Waals surface area contributed by atoms with Gasteiger partial charge in [0.1, 0.15) is 17.6 Å². The topological polar surface area (TPSA) is 89.9 Å². The van der Waals surface area contributed by atoms with E-state index in [1.807, 2.05) is 0 Å². The number of carboxylic acids is 1. The highest BCUT2D eigenvalue weighted by Crippen LogP contribution is 2.35. The molecule has 0 saturated carbocycles. The number of aliphatic carboxylic acids is 1. The van der Waals surface area contributed by atoms with Gasteiger partial charge in [-0.2, -0.15) is 21.6 Å². The van der Waals surface area contributed by atoms with Crippen molar-refractivity contribution < 1.29 is 40.4 Å². The van der Waals surface area contributed by atoms with Gasteiger partial charge >= 0.3 is 21.6 Å². The Morgan fingerprint density at radius 2 is 2.09 bits per heavy atom. The molecule has 1 aliphatic rings. The van der Waals surface area contributed by atoms with Gasteiger partial charge in [-0.25, -0.2) is 0 Å². The molecule has 0 bridgehead atoms. The van der Waals surface area contributed by atoms with Crippen molar-refractivity contribution in [2.45, 2.75) is 30.9 Å². The number of benzene rings is 1. The molecule has 10 heteroatoms. The Hall–Kier alpha value is -1.97. The molecule has 122 valence electrons. The van der Waals surface area contributed by atoms with Crippen molar-refractivity contribution in [1.82, 2.24) is 0 Å². The minimum absolute atomic E-state index is 0.107. The van der Waals surface area contributed by atoms with Crippen molar-refractivity contribution >= 4 is 16.1 Å². The van der Waals surface area contributed by atoms with Gasteiger partial charge in [0.05, 0.1) is 0 Å². The minimum atomic E-state index is -5.72. The van der Waals surface area contributed by atoms with Crippen LogP contribution in [0.3, 0.4) is 0 Å². The number of hydrogen-bond donors (Lipinski definition) is 1. The third kappa shape index (κ3) is 3.62. The molecule has 22 heavy (non-hydrogen) atoms. The van der Waals surface area contributed by atoms with Gasteiger partial charge in [0.25, 0.3) is 0 Å². The van der Waals surface area contributed by atoms with Crippen LogP contribution in [0.5, 0.6) is 11.5 Å². The van der Waals surface area contributed by atoms with E-state index in [1.54, 1.807) is 0 Å². The predicted octanol–water partition coefficient (Wildman–Crippen LogP) is 2.08. The van der Waals surface area contributed by atoms with Crippen LogP contribution in [0.2, 0.25) is 0 Å². The van der Waals surface area contributed by atoms with Crippen LogP contribution in [-0.2, 0) is 21.3 Å². The lowest BCUT2D eigenvalue weighted by atomic mass is 10.1. The summed E-state index contributed by atoms with van der Waals surface area (Å²) in [5.74, 6) is -1.09. The molecule has 0 aromatic heterocycles. The SMILES string of the molecule is O=C(O)CCC1Cc2cc(OS(=O)(=O)C(F)(F)F)ccc2O1. The van der Waals surface area contributed by atoms with Gasteiger partial charge in [0.2, 0.25) is 0 Å². The molecule has 0 amide bonds. The summed E-state index contributed by atoms with van der Waals surface area (Å²) in [6.45, 7) is 0. The van der Waals surface area contributed by atoms with Gasteiger partial charge in [-0.05, 0) is 24.6 Å². The van der Waals surface area contributed by atoms with Gasteiger partial charge in [0, 0.05) is 18.4 Å². The van der Waals surface area contributed by atoms with Crippen molar-refractivity contribution in [3.8, 4) is 11.5 Å². The van der Waals surface area contributed by atoms with Gasteiger partial charge < -0.3 is 14.0 Å². The van der Waals surface area contributed by atoms with Gasteiger partial charge in [-0.1, -0.05) is 0 Å². The van der Waals surface area contributed by atoms with Gasteiger partial charge in [-0.3, -0.25) is 4.79 Å². The molecule has 1 aromatic rings. The zero-order valence-electron chi connectivity index (χ0n) is 11.0. The highest BCUT2D eigenvalue weighted by Gasteiger charge is 2.48. The lowest BCUT2D eigenvalue weighted by Crippen LogP contribution is -2.28. The Balaban J connectivity index is 2.09. The van der Waals surface area contributed by atoms with E-state index in [0.29, 0.717) is 11.3 Å². The second-order valence-electron chi connectivity index (χ2n) is 4.63. The zero-order valence-corrected chi connectivity index (χ0v) is 11.8. The first kappa shape index (κ1) is 16.4. The number of halogens is 3. The van der Waals surface area contributed by atoms with Crippen LogP contribution < -0.4 is 8.92 Å². The van der Waals surface area contributed by atoms with Crippen molar-refractivity contribution in [2.75, 3.05) is 0 Å². The summed E-state index contributed by atoms with van der Waals surface area (Å²) < 4.78 is 68.0. The first-order valence-electron chi connectivity index (χ1n) is 6.10. The lowest BCUT2D eigenvalue weighted by Gasteiger charge is -2.10. The van der Waals surface area contributed by atoms with E-state index in [4.69, 9.17) is 9.84 Å². The molecule has 1 aromatic carbocycles. The number of alkyl halides is 3. The lowest BCUT2D eigenvalue weighted by molar-refractivity contribution is -0.137. The Morgan fingerprint density at radius 1 is 1.41 bits per heavy atom. The second-order valence-corrected chi connectivity index (χ2v) is 6.17. The number of carboxylic acid groups (broad SMARTS) is 1. The number of rotatable bonds is 5. The molecule has 1 atom stereocenters. The van der Waals surface area contributed by atoms with Gasteiger partial charge in [0.15, 0.2) is 0 Å². The van der Waals surface area contributed by atoms with E-state index in [2.05, 4.69) is 4.18 Å². The molecule has 6 nitrogen and oxygen atoms in total. The average molecular weight is 340 g/mol. The molecular formula is C12H11F3O6S. The fraction of sp³-hybridized carbons (Fsp3) is 0.417. The maximum Gasteiger partial charge on any atom is 0.534 e. The number of hydrogen-bond acceptors (Lipinski definition) is 5. The number of ether oxygens (including phenoxy) is 1. The highest BCUT2D eigenvalue weighted by molar-refractivity contribution is 7.88. The Morgan fingerprint density at radius 3 is 2.68 bits per heavy atom. The molecule has 1 N–H and O–H groups in total. The summed E-state index contributed by atoms with van der Waals surface area (Å²) in [5.41, 5.74) is -5.04. The second kappa shape index (κ2) is 5.67. The Labute approximate surface area is 123 Å². The maximum absolute atomic E-state index is 12.2. The molecule has 1 aliphatic heterocycles. The van der Waals surface area contributed by atoms with Crippen molar-refractivity contribution in [3.05, 3.63) is 23.8 Å². The molecular weight excluding hydrogens is 329 g/mol. The fourth-order valence-corrected chi connectivity index (χ4v) is 2.42. The average Bonchev–Trinajstić information content (AvgIpc) is 2.76. The minimum Gasteiger partial charge on any atom is -0.490 e. The largest absolute Gasteiger partial charge is 0.534 e. The Bertz CT molecular complexity index is 683. The molecule has 0 aliphatic carbocycles. The molecule has 0 spiro atoms. The van der Waals surface area contributed by atoms with E-state index in [-0.39, 0.29) is 19.3 Å². The normalized spacial score (nSPS) is 17.7. The van der Waals surface area contributed by atoms with Crippen LogP contribution in [0.15, 0.2) is 18.2 Å². The van der Waals surface area contributed by atoms with Crippen LogP contribution in [0.4, 0.5) is 13.2 Å². The highest BCUT2D eigenvalue weighted by atomic mass is 32.2. The summed E-state index contributed by atoms with van der Waals surface area (Å²) in [5, 5.41) is 8.59. The molecule has 1 unspecified atom stereocenters. The first-order valence-corrected chi connectivity index (χ1v) is 7.51. The van der Waals surface area contributed by atoms with Crippen LogP contribution >= 0.6 is 0 Å². The summed E-state index contributed by atoms with van der Waals surface area (Å²) in [7, 11) is -5.72. The smallest absolute Gasteiger partial charge is 0.490 e. The molecule has 0 fully saturated rings. The quantitative estimate of drug-likeness (QED) is 0.652. The van der Waals surface area contributed by atoms with Crippen LogP contribution in [0.25, 0.3) is 0 Å². The standard InChI is InChI=1S/C12H11F3O6S/c13-12(14,15)22(18,19)21-9-1-3-10-7(6-9)5-8(20-10)2-4-11(16)17/h1,3,6,8H,2,4-5H2,(H,16,17). The Kier molecular flexibility index (Phi) is 4.23. The van der Waals surface area contributed by atoms with E-state index in [9.17, 15) is 26.4 Å². The summed E-state index contributed by atoms with van der Waals surface area (Å²) in [6.07, 6.45) is -0.0159. The maximum atomic E-state index is 12.2. The fourth-order valence-electron chi connectivity index (χ4n) is 1.97. The zero-order chi connectivity index (χ0) is 16.5. The number of fused-ring (bicyclic) bond motifs is 1. The van der Waals surface area contributed by atoms with Crippen LogP contribution in [0, 0.1) is 0 Å². The van der Waals surface area contributed by atoms with Crippen LogP contribution in [-0.4, -0.2) is 31.1 Å². The molecule has 1 heterocycles. The third-order valence-corrected chi connectivity index (χ3v) is 3.92. The third-order valence-electron chi connectivity index (χ3n) is 2.94. The van der Waals surface area contributed by atoms with E-state index >= 15 is 0 Å². The molecule has 2 rings (SSSR count). The van der Waals surface area contributed by atoms with E-state index in [0.717, 1.165) is 12.1 Å². The van der Waals surface area contributed by atoms with Crippen molar-refractivity contribution in [1.29, 1.82) is 0 Å². The van der Waals surface area contributed by atoms with Crippen molar-refractivity contribution in [2.24, 2.45) is 0 Å². The summed E-state index contributed by atoms with van der Waals surface area (Å²) in [4.78, 5) is 10.5. The molecule has 0 saturated heterocycles. The summed E-state index contributed by atoms with van der Waals surface area (Å²) in [6, 6.07) is 3.47. The van der Waals surface area contributed by atoms with E-state index < -0.39 is 33.4 Å². The molecule has 0 radical (unpaired) electrons. The monoisotopic (exact) mass is 340 g/mol. The van der Waals surface area contributed by atoms with E-state index in [1.165, 1.54) is 6.07 Å². The number of carbonyl (C=O) groups is 1. The van der Waals surface area contributed by atoms with Crippen LogP contribution in [0.1, 0.15) is 18.4 Å². The van der Waals surface area contributed by atoms with Gasteiger partial charge in [-0.15, -0.1) is 0 Å². The van der Waals surface area contributed by atoms with Crippen molar-refractivity contribution in [3.63, 3.8) is 0 Å².